The molecular weight excluding hydrogens is 665 g/mol. The van der Waals surface area contributed by atoms with E-state index in [4.69, 9.17) is 9.47 Å². The summed E-state index contributed by atoms with van der Waals surface area (Å²) in [6.45, 7) is 17.3. The van der Waals surface area contributed by atoms with Crippen molar-refractivity contribution < 1.29 is 36.6 Å². The van der Waals surface area contributed by atoms with Crippen LogP contribution in [0.25, 0.3) is 0 Å². The van der Waals surface area contributed by atoms with Gasteiger partial charge in [-0.15, -0.1) is 0 Å². The molecule has 4 aliphatic rings. The van der Waals surface area contributed by atoms with Gasteiger partial charge >= 0.3 is 6.09 Å². The number of carbonyl (C=O) groups is 2. The van der Waals surface area contributed by atoms with Crippen LogP contribution in [-0.2, 0) is 16.0 Å². The predicted octanol–water partition coefficient (Wildman–Crippen LogP) is 10.3. The lowest BCUT2D eigenvalue weighted by Gasteiger charge is -2.48. The molecule has 3 fully saturated rings. The predicted molar refractivity (Wildman–Crippen MR) is 196 cm³/mol. The number of hydrogen-bond acceptors (Lipinski definition) is 5. The first-order valence-electron chi connectivity index (χ1n) is 18.7. The van der Waals surface area contributed by atoms with E-state index in [1.165, 1.54) is 24.0 Å². The minimum atomic E-state index is -4.42. The number of morpholine rings is 1. The normalized spacial score (nSPS) is 26.4. The Hall–Kier alpha value is -1.75. The van der Waals surface area contributed by atoms with Crippen molar-refractivity contribution in [1.82, 2.24) is 4.90 Å². The summed E-state index contributed by atoms with van der Waals surface area (Å²) in [4.78, 5) is 27.4. The lowest BCUT2D eigenvalue weighted by molar-refractivity contribution is -0.161. The molecule has 1 aromatic carbocycles. The fraction of sp³-hybridized carbons (Fsp3) is 0.795. The third-order valence-corrected chi connectivity index (χ3v) is 12.4. The van der Waals surface area contributed by atoms with Gasteiger partial charge in [-0.3, -0.25) is 4.79 Å². The highest BCUT2D eigenvalue weighted by Gasteiger charge is 2.54. The van der Waals surface area contributed by atoms with Crippen molar-refractivity contribution >= 4 is 32.4 Å². The Morgan fingerprint density at radius 3 is 2.36 bits per heavy atom. The van der Waals surface area contributed by atoms with E-state index in [-0.39, 0.29) is 29.7 Å². The van der Waals surface area contributed by atoms with Gasteiger partial charge in [-0.25, -0.2) is 22.4 Å². The second kappa shape index (κ2) is 17.9. The van der Waals surface area contributed by atoms with Crippen molar-refractivity contribution in [3.63, 3.8) is 0 Å². The number of halogens is 4. The summed E-state index contributed by atoms with van der Waals surface area (Å²) in [6.07, 6.45) is 9.39. The highest BCUT2D eigenvalue weighted by Crippen LogP contribution is 2.59. The first-order chi connectivity index (χ1) is 23.4. The highest BCUT2D eigenvalue weighted by molar-refractivity contribution is 7.80. The van der Waals surface area contributed by atoms with Crippen LogP contribution >= 0.6 is 12.6 Å². The smallest absolute Gasteiger partial charge is 0.410 e. The molecule has 1 heterocycles. The molecule has 1 aromatic rings. The number of alkyl halides is 4. The minimum Gasteiger partial charge on any atom is -0.410 e. The number of aryl methyl sites for hydroxylation is 2. The molecule has 1 saturated heterocycles. The van der Waals surface area contributed by atoms with E-state index in [0.29, 0.717) is 54.5 Å². The van der Waals surface area contributed by atoms with Crippen LogP contribution in [0.5, 0.6) is 5.75 Å². The molecule has 282 valence electrons. The number of Topliss-reactive ketones (excluding diaryl/α,β-unsaturated/α-hetero) is 1. The van der Waals surface area contributed by atoms with Gasteiger partial charge in [-0.1, -0.05) is 66.9 Å². The van der Waals surface area contributed by atoms with Gasteiger partial charge in [0.2, 0.25) is 0 Å². The highest BCUT2D eigenvalue weighted by atomic mass is 32.1. The molecule has 5 nitrogen and oxygen atoms in total. The Morgan fingerprint density at radius 2 is 1.78 bits per heavy atom. The summed E-state index contributed by atoms with van der Waals surface area (Å²) < 4.78 is 59.6. The van der Waals surface area contributed by atoms with E-state index in [2.05, 4.69) is 81.1 Å². The molecule has 0 spiro atoms. The summed E-state index contributed by atoms with van der Waals surface area (Å²) in [7, 11) is 3.95. The second-order valence-electron chi connectivity index (χ2n) is 15.8. The quantitative estimate of drug-likeness (QED) is 0.156. The van der Waals surface area contributed by atoms with Crippen LogP contribution in [0.2, 0.25) is 0 Å². The summed E-state index contributed by atoms with van der Waals surface area (Å²) >= 11 is 3.61. The zero-order valence-corrected chi connectivity index (χ0v) is 32.3. The van der Waals surface area contributed by atoms with E-state index in [9.17, 15) is 27.2 Å². The molecular formula is C39H60BF4NO4S. The third-order valence-electron chi connectivity index (χ3n) is 12.1. The Balaban J connectivity index is 0.000000311. The number of nitrogens with zero attached hydrogens (tertiary/aromatic N) is 1. The maximum Gasteiger partial charge on any atom is 0.415 e. The molecule has 5 unspecified atom stereocenters. The molecule has 5 atom stereocenters. The van der Waals surface area contributed by atoms with Crippen LogP contribution < -0.4 is 4.74 Å². The molecule has 3 aliphatic carbocycles. The van der Waals surface area contributed by atoms with Crippen molar-refractivity contribution in [3.8, 4) is 5.75 Å². The SMILES string of the molecule is CCC(C)(C)CC.CCCC1COCCN1C(=O)Oc1cc2c(cc1C)C1CCC3(C)C(=O)CCC3C1CC2.[B]C(F)(F)C(F)(F)CCCS. The molecule has 1 amide bonds. The fourth-order valence-corrected chi connectivity index (χ4v) is 8.09. The Kier molecular flexibility index (Phi) is 15.2. The number of amides is 1. The number of rotatable bonds is 9. The summed E-state index contributed by atoms with van der Waals surface area (Å²) in [5.74, 6) is -5.50. The molecule has 0 bridgehead atoms. The molecule has 2 saturated carbocycles. The monoisotopic (exact) mass is 725 g/mol. The van der Waals surface area contributed by atoms with E-state index >= 15 is 0 Å². The molecule has 50 heavy (non-hydrogen) atoms. The Bertz CT molecular complexity index is 1280. The number of thiol groups is 1. The van der Waals surface area contributed by atoms with Crippen LogP contribution in [0.3, 0.4) is 0 Å². The van der Waals surface area contributed by atoms with Crippen molar-refractivity contribution in [3.05, 3.63) is 28.8 Å². The largest absolute Gasteiger partial charge is 0.415 e. The molecule has 2 radical (unpaired) electrons. The minimum absolute atomic E-state index is 0.0805. The standard InChI is InChI=1S/C27H37NO4.C7H16.C5H7BF4S/c1-4-5-19-16-31-13-12-28(19)26(30)32-24-15-18-6-7-21-20(22(18)14-17(24)2)10-11-27(3)23(21)8-9-25(27)29;1-5-7(3,4)6-2;6-5(9,10)4(7,8)2-1-3-11/h14-15,19-21,23H,4-13,16H2,1-3H3;5-6H2,1-4H3;11H,1-3H2. The zero-order chi connectivity index (χ0) is 37.5. The van der Waals surface area contributed by atoms with Gasteiger partial charge in [0, 0.05) is 24.8 Å². The number of ketones is 1. The van der Waals surface area contributed by atoms with Gasteiger partial charge in [-0.2, -0.15) is 12.6 Å². The fourth-order valence-electron chi connectivity index (χ4n) is 7.93. The van der Waals surface area contributed by atoms with E-state index in [0.717, 1.165) is 56.9 Å². The van der Waals surface area contributed by atoms with Crippen LogP contribution in [0.15, 0.2) is 12.1 Å². The third kappa shape index (κ3) is 10.2. The topological polar surface area (TPSA) is 55.8 Å². The molecule has 5 rings (SSSR count). The number of fused-ring (bicyclic) bond motifs is 5. The second-order valence-corrected chi connectivity index (χ2v) is 16.2. The first-order valence-corrected chi connectivity index (χ1v) is 19.4. The van der Waals surface area contributed by atoms with Crippen molar-refractivity contribution in [2.45, 2.75) is 149 Å². The van der Waals surface area contributed by atoms with Gasteiger partial charge < -0.3 is 14.4 Å². The molecule has 0 N–H and O–H groups in total. The van der Waals surface area contributed by atoms with Crippen molar-refractivity contribution in [1.29, 1.82) is 0 Å². The Labute approximate surface area is 305 Å². The van der Waals surface area contributed by atoms with E-state index in [1.54, 1.807) is 0 Å². The summed E-state index contributed by atoms with van der Waals surface area (Å²) in [5.41, 5.74) is 4.31. The lowest BCUT2D eigenvalue weighted by Crippen LogP contribution is -2.49. The zero-order valence-electron chi connectivity index (χ0n) is 31.4. The molecule has 11 heteroatoms. The molecule has 1 aliphatic heterocycles. The van der Waals surface area contributed by atoms with Crippen molar-refractivity contribution in [2.75, 3.05) is 25.5 Å². The average molecular weight is 726 g/mol. The summed E-state index contributed by atoms with van der Waals surface area (Å²) in [6, 6.07) is 4.50. The van der Waals surface area contributed by atoms with Crippen LogP contribution in [0.1, 0.15) is 135 Å². The van der Waals surface area contributed by atoms with Gasteiger partial charge in [0.05, 0.1) is 19.3 Å². The summed E-state index contributed by atoms with van der Waals surface area (Å²) in [5, 5.41) is 0. The lowest BCUT2D eigenvalue weighted by atomic mass is 9.55. The van der Waals surface area contributed by atoms with Gasteiger partial charge in [0.25, 0.3) is 11.7 Å². The molecule has 0 aromatic heterocycles. The first kappa shape index (κ1) is 42.7. The van der Waals surface area contributed by atoms with Gasteiger partial charge in [0.15, 0.2) is 7.85 Å². The van der Waals surface area contributed by atoms with E-state index in [1.807, 2.05) is 4.90 Å². The number of ether oxygens (including phenoxy) is 2. The number of hydrogen-bond donors (Lipinski definition) is 1. The maximum atomic E-state index is 13.0. The average Bonchev–Trinajstić information content (AvgIpc) is 3.38. The van der Waals surface area contributed by atoms with Gasteiger partial charge in [-0.05, 0) is 104 Å². The van der Waals surface area contributed by atoms with Crippen LogP contribution in [0, 0.1) is 29.6 Å². The number of benzene rings is 1. The Morgan fingerprint density at radius 1 is 1.10 bits per heavy atom. The van der Waals surface area contributed by atoms with Gasteiger partial charge in [0.1, 0.15) is 11.5 Å². The number of carbonyl (C=O) groups excluding carboxylic acids is 2. The van der Waals surface area contributed by atoms with E-state index < -0.39 is 18.2 Å². The van der Waals surface area contributed by atoms with Crippen LogP contribution in [-0.4, -0.2) is 67.9 Å². The van der Waals surface area contributed by atoms with Crippen LogP contribution in [0.4, 0.5) is 22.4 Å². The van der Waals surface area contributed by atoms with Crippen molar-refractivity contribution in [2.24, 2.45) is 22.7 Å². The maximum absolute atomic E-state index is 13.0.